The third-order valence-corrected chi connectivity index (χ3v) is 3.96. The van der Waals surface area contributed by atoms with E-state index in [0.29, 0.717) is 12.2 Å². The fourth-order valence-electron chi connectivity index (χ4n) is 2.60. The number of furan rings is 1. The molecule has 1 atom stereocenters. The summed E-state index contributed by atoms with van der Waals surface area (Å²) in [5, 5.41) is 2.68. The van der Waals surface area contributed by atoms with Gasteiger partial charge in [0.15, 0.2) is 5.76 Å². The maximum Gasteiger partial charge on any atom is 0.329 e. The van der Waals surface area contributed by atoms with Crippen LogP contribution in [0.25, 0.3) is 0 Å². The van der Waals surface area contributed by atoms with Crippen LogP contribution in [0.4, 0.5) is 0 Å². The van der Waals surface area contributed by atoms with Gasteiger partial charge in [-0.15, -0.1) is 0 Å². The SMILES string of the molecule is O=C(N[C@@H](Cc1ccccc1)C(=O)OCCOc1ccccc1)c1ccco1. The van der Waals surface area contributed by atoms with Crippen LogP contribution in [0.1, 0.15) is 16.1 Å². The molecule has 1 amide bonds. The monoisotopic (exact) mass is 379 g/mol. The molecule has 0 radical (unpaired) electrons. The van der Waals surface area contributed by atoms with Crippen molar-refractivity contribution in [3.05, 3.63) is 90.4 Å². The minimum atomic E-state index is -0.836. The molecule has 1 N–H and O–H groups in total. The van der Waals surface area contributed by atoms with Gasteiger partial charge >= 0.3 is 5.97 Å². The predicted octanol–water partition coefficient (Wildman–Crippen LogP) is 3.24. The van der Waals surface area contributed by atoms with Crippen molar-refractivity contribution in [1.82, 2.24) is 5.32 Å². The van der Waals surface area contributed by atoms with Crippen LogP contribution in [-0.4, -0.2) is 31.1 Å². The van der Waals surface area contributed by atoms with Crippen LogP contribution in [0.5, 0.6) is 5.75 Å². The van der Waals surface area contributed by atoms with Gasteiger partial charge in [0.1, 0.15) is 25.0 Å². The molecular weight excluding hydrogens is 358 g/mol. The van der Waals surface area contributed by atoms with Crippen molar-refractivity contribution >= 4 is 11.9 Å². The number of nitrogens with one attached hydrogen (secondary N) is 1. The number of hydrogen-bond donors (Lipinski definition) is 1. The van der Waals surface area contributed by atoms with Gasteiger partial charge in [0, 0.05) is 6.42 Å². The van der Waals surface area contributed by atoms with Crippen molar-refractivity contribution in [2.75, 3.05) is 13.2 Å². The molecule has 3 rings (SSSR count). The van der Waals surface area contributed by atoms with E-state index in [-0.39, 0.29) is 19.0 Å². The Hall–Kier alpha value is -3.54. The van der Waals surface area contributed by atoms with E-state index in [1.807, 2.05) is 60.7 Å². The van der Waals surface area contributed by atoms with Crippen LogP contribution >= 0.6 is 0 Å². The summed E-state index contributed by atoms with van der Waals surface area (Å²) in [4.78, 5) is 24.8. The molecule has 0 aliphatic heterocycles. The molecule has 6 heteroatoms. The van der Waals surface area contributed by atoms with E-state index >= 15 is 0 Å². The third kappa shape index (κ3) is 5.74. The molecule has 0 aliphatic carbocycles. The highest BCUT2D eigenvalue weighted by atomic mass is 16.6. The topological polar surface area (TPSA) is 77.8 Å². The van der Waals surface area contributed by atoms with Gasteiger partial charge in [-0.05, 0) is 29.8 Å². The average Bonchev–Trinajstić information content (AvgIpc) is 3.27. The Kier molecular flexibility index (Phi) is 6.84. The number of amides is 1. The lowest BCUT2D eigenvalue weighted by atomic mass is 10.1. The summed E-state index contributed by atoms with van der Waals surface area (Å²) in [5.41, 5.74) is 0.907. The highest BCUT2D eigenvalue weighted by molar-refractivity contribution is 5.94. The third-order valence-electron chi connectivity index (χ3n) is 3.96. The first-order valence-electron chi connectivity index (χ1n) is 8.95. The lowest BCUT2D eigenvalue weighted by Crippen LogP contribution is -2.43. The molecule has 0 unspecified atom stereocenters. The van der Waals surface area contributed by atoms with E-state index < -0.39 is 17.9 Å². The minimum Gasteiger partial charge on any atom is -0.490 e. The van der Waals surface area contributed by atoms with E-state index in [4.69, 9.17) is 13.9 Å². The van der Waals surface area contributed by atoms with Crippen molar-refractivity contribution < 1.29 is 23.5 Å². The first-order chi connectivity index (χ1) is 13.7. The van der Waals surface area contributed by atoms with E-state index in [1.165, 1.54) is 12.3 Å². The number of rotatable bonds is 9. The van der Waals surface area contributed by atoms with Gasteiger partial charge in [0.25, 0.3) is 5.91 Å². The number of ether oxygens (including phenoxy) is 2. The van der Waals surface area contributed by atoms with Crippen molar-refractivity contribution in [3.63, 3.8) is 0 Å². The molecule has 144 valence electrons. The Labute approximate surface area is 163 Å². The highest BCUT2D eigenvalue weighted by Gasteiger charge is 2.24. The minimum absolute atomic E-state index is 0.0790. The second-order valence-electron chi connectivity index (χ2n) is 6.02. The smallest absolute Gasteiger partial charge is 0.329 e. The van der Waals surface area contributed by atoms with Gasteiger partial charge in [0.05, 0.1) is 6.26 Å². The van der Waals surface area contributed by atoms with Crippen LogP contribution in [-0.2, 0) is 16.0 Å². The molecule has 28 heavy (non-hydrogen) atoms. The van der Waals surface area contributed by atoms with E-state index in [1.54, 1.807) is 6.07 Å². The molecule has 0 fully saturated rings. The van der Waals surface area contributed by atoms with Crippen molar-refractivity contribution in [1.29, 1.82) is 0 Å². The van der Waals surface area contributed by atoms with Gasteiger partial charge in [-0.2, -0.15) is 0 Å². The lowest BCUT2D eigenvalue weighted by molar-refractivity contribution is -0.146. The number of para-hydroxylation sites is 1. The summed E-state index contributed by atoms with van der Waals surface area (Å²) in [7, 11) is 0. The number of carbonyl (C=O) groups excluding carboxylic acids is 2. The fraction of sp³-hybridized carbons (Fsp3) is 0.182. The Bertz CT molecular complexity index is 862. The van der Waals surface area contributed by atoms with Gasteiger partial charge < -0.3 is 19.2 Å². The second kappa shape index (κ2) is 9.97. The summed E-state index contributed by atoms with van der Waals surface area (Å²) >= 11 is 0. The largest absolute Gasteiger partial charge is 0.490 e. The first kappa shape index (κ1) is 19.2. The van der Waals surface area contributed by atoms with Gasteiger partial charge in [-0.3, -0.25) is 4.79 Å². The zero-order valence-electron chi connectivity index (χ0n) is 15.2. The summed E-state index contributed by atoms with van der Waals surface area (Å²) in [6.45, 7) is 0.301. The molecule has 0 saturated carbocycles. The molecule has 2 aromatic carbocycles. The van der Waals surface area contributed by atoms with E-state index in [9.17, 15) is 9.59 Å². The van der Waals surface area contributed by atoms with Gasteiger partial charge in [0.2, 0.25) is 0 Å². The zero-order valence-corrected chi connectivity index (χ0v) is 15.2. The maximum atomic E-state index is 12.5. The second-order valence-corrected chi connectivity index (χ2v) is 6.02. The molecular formula is C22H21NO5. The van der Waals surface area contributed by atoms with Crippen molar-refractivity contribution in [2.45, 2.75) is 12.5 Å². The normalized spacial score (nSPS) is 11.4. The molecule has 3 aromatic rings. The fourth-order valence-corrected chi connectivity index (χ4v) is 2.60. The van der Waals surface area contributed by atoms with E-state index in [0.717, 1.165) is 5.56 Å². The summed E-state index contributed by atoms with van der Waals surface area (Å²) in [5.74, 6) is -0.160. The lowest BCUT2D eigenvalue weighted by Gasteiger charge is -2.17. The molecule has 1 heterocycles. The van der Waals surface area contributed by atoms with Crippen LogP contribution in [0.2, 0.25) is 0 Å². The number of hydrogen-bond acceptors (Lipinski definition) is 5. The summed E-state index contributed by atoms with van der Waals surface area (Å²) in [6.07, 6.45) is 1.71. The molecule has 0 spiro atoms. The van der Waals surface area contributed by atoms with E-state index in [2.05, 4.69) is 5.32 Å². The number of carbonyl (C=O) groups is 2. The molecule has 0 saturated heterocycles. The highest BCUT2D eigenvalue weighted by Crippen LogP contribution is 2.09. The van der Waals surface area contributed by atoms with Crippen molar-refractivity contribution in [3.8, 4) is 5.75 Å². The van der Waals surface area contributed by atoms with Crippen LogP contribution < -0.4 is 10.1 Å². The zero-order chi connectivity index (χ0) is 19.6. The molecule has 6 nitrogen and oxygen atoms in total. The van der Waals surface area contributed by atoms with Crippen LogP contribution in [0, 0.1) is 0 Å². The Morgan fingerprint density at radius 2 is 1.61 bits per heavy atom. The summed E-state index contributed by atoms with van der Waals surface area (Å²) < 4.78 is 15.9. The summed E-state index contributed by atoms with van der Waals surface area (Å²) in [6, 6.07) is 21.0. The molecule has 1 aromatic heterocycles. The predicted molar refractivity (Wildman–Crippen MR) is 103 cm³/mol. The Morgan fingerprint density at radius 3 is 2.29 bits per heavy atom. The first-order valence-corrected chi connectivity index (χ1v) is 8.95. The van der Waals surface area contributed by atoms with Crippen LogP contribution in [0.3, 0.4) is 0 Å². The van der Waals surface area contributed by atoms with Crippen LogP contribution in [0.15, 0.2) is 83.5 Å². The molecule has 0 bridgehead atoms. The Balaban J connectivity index is 1.56. The Morgan fingerprint density at radius 1 is 0.893 bits per heavy atom. The standard InChI is InChI=1S/C22H21NO5/c24-21(20-12-7-13-27-20)23-19(16-17-8-3-1-4-9-17)22(25)28-15-14-26-18-10-5-2-6-11-18/h1-13,19H,14-16H2,(H,23,24)/t19-/m0/s1. The molecule has 0 aliphatic rings. The van der Waals surface area contributed by atoms with Crippen molar-refractivity contribution in [2.24, 2.45) is 0 Å². The van der Waals surface area contributed by atoms with Gasteiger partial charge in [-0.1, -0.05) is 48.5 Å². The van der Waals surface area contributed by atoms with Gasteiger partial charge in [-0.25, -0.2) is 4.79 Å². The average molecular weight is 379 g/mol. The quantitative estimate of drug-likeness (QED) is 0.456. The number of esters is 1. The maximum absolute atomic E-state index is 12.5. The number of benzene rings is 2.